The number of rotatable bonds is 0. The summed E-state index contributed by atoms with van der Waals surface area (Å²) >= 11 is 0. The zero-order valence-electron chi connectivity index (χ0n) is 24.6. The molecular formula is C36H41N3O4. The van der Waals surface area contributed by atoms with Crippen molar-refractivity contribution in [1.82, 2.24) is 16.0 Å². The van der Waals surface area contributed by atoms with Crippen molar-refractivity contribution in [2.45, 2.75) is 25.7 Å². The molecule has 6 rings (SSSR count). The van der Waals surface area contributed by atoms with Crippen LogP contribution in [0, 0.1) is 0 Å². The van der Waals surface area contributed by atoms with Gasteiger partial charge in [-0.25, -0.2) is 0 Å². The van der Waals surface area contributed by atoms with Crippen LogP contribution in [0.4, 0.5) is 0 Å². The zero-order valence-corrected chi connectivity index (χ0v) is 24.6. The summed E-state index contributed by atoms with van der Waals surface area (Å²) in [6, 6.07) is 24.4. The van der Waals surface area contributed by atoms with Gasteiger partial charge in [0.25, 0.3) is 0 Å². The van der Waals surface area contributed by atoms with E-state index in [4.69, 9.17) is 9.47 Å². The van der Waals surface area contributed by atoms with E-state index in [2.05, 4.69) is 40.2 Å². The van der Waals surface area contributed by atoms with Crippen molar-refractivity contribution in [2.24, 2.45) is 0 Å². The Morgan fingerprint density at radius 3 is 1.00 bits per heavy atom. The average molecular weight is 580 g/mol. The van der Waals surface area contributed by atoms with Gasteiger partial charge >= 0.3 is 0 Å². The van der Waals surface area contributed by atoms with E-state index in [1.54, 1.807) is 0 Å². The monoisotopic (exact) mass is 579 g/mol. The molecule has 0 spiro atoms. The smallest absolute Gasteiger partial charge is 0.126 e. The fourth-order valence-corrected chi connectivity index (χ4v) is 6.06. The molecule has 10 bridgehead atoms. The van der Waals surface area contributed by atoms with Gasteiger partial charge in [-0.05, 0) is 44.5 Å². The number of phenols is 2. The lowest BCUT2D eigenvalue weighted by molar-refractivity contribution is 0.307. The molecule has 1 heterocycles. The van der Waals surface area contributed by atoms with Crippen LogP contribution in [-0.4, -0.2) is 62.7 Å². The van der Waals surface area contributed by atoms with Gasteiger partial charge in [-0.1, -0.05) is 72.8 Å². The lowest BCUT2D eigenvalue weighted by atomic mass is 9.91. The van der Waals surface area contributed by atoms with E-state index in [1.165, 1.54) is 0 Å². The minimum Gasteiger partial charge on any atom is -0.507 e. The Morgan fingerprint density at radius 2 is 0.674 bits per heavy atom. The fraction of sp³-hybridized carbons (Fsp3) is 0.333. The quantitative estimate of drug-likeness (QED) is 0.187. The van der Waals surface area contributed by atoms with Crippen LogP contribution in [0.1, 0.15) is 44.5 Å². The standard InChI is InChI=1S/C36H41N3O4/c40-33-25-5-1-6-26(33)22-30-10-4-12-32-24-28-8-2-7-27(34(28)41)23-31-11-3-9-29(21-25)35(31)42-19-17-38-15-13-37-14-16-39-18-20-43-36(30)32/h1-12,37-41H,13-24H2. The van der Waals surface area contributed by atoms with Gasteiger partial charge in [0.15, 0.2) is 0 Å². The second-order valence-electron chi connectivity index (χ2n) is 11.3. The van der Waals surface area contributed by atoms with Crippen LogP contribution in [-0.2, 0) is 25.7 Å². The fourth-order valence-electron chi connectivity index (χ4n) is 6.06. The third-order valence-corrected chi connectivity index (χ3v) is 8.29. The van der Waals surface area contributed by atoms with E-state index < -0.39 is 0 Å². The van der Waals surface area contributed by atoms with Crippen molar-refractivity contribution in [3.63, 3.8) is 0 Å². The number of hydrogen-bond donors (Lipinski definition) is 5. The summed E-state index contributed by atoms with van der Waals surface area (Å²) < 4.78 is 13.0. The van der Waals surface area contributed by atoms with Crippen LogP contribution in [0.5, 0.6) is 23.0 Å². The van der Waals surface area contributed by atoms with E-state index in [0.717, 1.165) is 82.2 Å². The van der Waals surface area contributed by atoms with Crippen LogP contribution >= 0.6 is 0 Å². The highest BCUT2D eigenvalue weighted by Gasteiger charge is 2.20. The summed E-state index contributed by atoms with van der Waals surface area (Å²) in [7, 11) is 0. The lowest BCUT2D eigenvalue weighted by Crippen LogP contribution is -2.35. The normalized spacial score (nSPS) is 16.5. The maximum absolute atomic E-state index is 11.5. The zero-order chi connectivity index (χ0) is 29.4. The maximum atomic E-state index is 11.5. The molecule has 1 aliphatic carbocycles. The molecule has 7 nitrogen and oxygen atoms in total. The van der Waals surface area contributed by atoms with Crippen molar-refractivity contribution < 1.29 is 19.7 Å². The molecule has 0 amide bonds. The number of para-hydroxylation sites is 4. The first-order chi connectivity index (χ1) is 21.2. The Morgan fingerprint density at radius 1 is 0.395 bits per heavy atom. The van der Waals surface area contributed by atoms with Gasteiger partial charge in [0, 0.05) is 65.0 Å². The Labute approximate surface area is 253 Å². The van der Waals surface area contributed by atoms with E-state index in [0.29, 0.717) is 63.5 Å². The molecule has 5 N–H and O–H groups in total. The third-order valence-electron chi connectivity index (χ3n) is 8.29. The highest BCUT2D eigenvalue weighted by Crippen LogP contribution is 2.37. The van der Waals surface area contributed by atoms with Gasteiger partial charge in [-0.15, -0.1) is 0 Å². The van der Waals surface area contributed by atoms with Crippen LogP contribution < -0.4 is 25.4 Å². The molecular weight excluding hydrogens is 538 g/mol. The number of benzene rings is 4. The first kappa shape index (κ1) is 29.1. The van der Waals surface area contributed by atoms with Gasteiger partial charge in [0.05, 0.1) is 0 Å². The second kappa shape index (κ2) is 14.0. The first-order valence-corrected chi connectivity index (χ1v) is 15.4. The minimum absolute atomic E-state index is 0.308. The van der Waals surface area contributed by atoms with Gasteiger partial charge in [-0.3, -0.25) is 0 Å². The molecule has 1 aliphatic heterocycles. The summed E-state index contributed by atoms with van der Waals surface area (Å²) in [5, 5.41) is 33.5. The van der Waals surface area contributed by atoms with Crippen molar-refractivity contribution in [1.29, 1.82) is 0 Å². The van der Waals surface area contributed by atoms with Crippen LogP contribution in [0.25, 0.3) is 0 Å². The van der Waals surface area contributed by atoms with Crippen molar-refractivity contribution >= 4 is 0 Å². The SMILES string of the molecule is Oc1c2cccc1Cc1cccc3c1OCCNCCNCCNCCOc1c(cccc1Cc1cccc(c1O)C3)C2. The average Bonchev–Trinajstić information content (AvgIpc) is 3.00. The largest absolute Gasteiger partial charge is 0.507 e. The van der Waals surface area contributed by atoms with Crippen LogP contribution in [0.3, 0.4) is 0 Å². The topological polar surface area (TPSA) is 95.0 Å². The molecule has 4 aromatic carbocycles. The third kappa shape index (κ3) is 6.96. The number of hydrogen-bond acceptors (Lipinski definition) is 7. The van der Waals surface area contributed by atoms with Crippen LogP contribution in [0.2, 0.25) is 0 Å². The van der Waals surface area contributed by atoms with Gasteiger partial charge in [-0.2, -0.15) is 0 Å². The second-order valence-corrected chi connectivity index (χ2v) is 11.3. The molecule has 0 saturated carbocycles. The molecule has 4 aromatic rings. The summed E-state index contributed by atoms with van der Waals surface area (Å²) in [5.41, 5.74) is 7.45. The maximum Gasteiger partial charge on any atom is 0.126 e. The molecule has 0 saturated heterocycles. The molecule has 0 aromatic heterocycles. The number of ether oxygens (including phenoxy) is 2. The van der Waals surface area contributed by atoms with Gasteiger partial charge in [0.1, 0.15) is 36.2 Å². The summed E-state index contributed by atoms with van der Waals surface area (Å²) in [4.78, 5) is 0. The number of phenolic OH excluding ortho intramolecular Hbond substituents is 2. The van der Waals surface area contributed by atoms with Crippen molar-refractivity contribution in [3.05, 3.63) is 117 Å². The predicted molar refractivity (Wildman–Crippen MR) is 170 cm³/mol. The molecule has 0 atom stereocenters. The van der Waals surface area contributed by atoms with E-state index in [1.807, 2.05) is 48.5 Å². The summed E-state index contributed by atoms with van der Waals surface area (Å²) in [6.45, 7) is 5.91. The first-order valence-electron chi connectivity index (χ1n) is 15.4. The lowest BCUT2D eigenvalue weighted by Gasteiger charge is -2.21. The predicted octanol–water partition coefficient (Wildman–Crippen LogP) is 4.31. The van der Waals surface area contributed by atoms with E-state index in [9.17, 15) is 10.2 Å². The highest BCUT2D eigenvalue weighted by molar-refractivity contribution is 5.55. The Kier molecular flexibility index (Phi) is 9.43. The molecule has 0 unspecified atom stereocenters. The summed E-state index contributed by atoms with van der Waals surface area (Å²) in [5.74, 6) is 2.25. The Bertz CT molecular complexity index is 1350. The van der Waals surface area contributed by atoms with Crippen molar-refractivity contribution in [3.8, 4) is 23.0 Å². The Hall–Kier alpha value is -4.04. The highest BCUT2D eigenvalue weighted by atomic mass is 16.5. The Balaban J connectivity index is 1.49. The van der Waals surface area contributed by atoms with Crippen LogP contribution in [0.15, 0.2) is 72.8 Å². The van der Waals surface area contributed by atoms with E-state index in [-0.39, 0.29) is 0 Å². The molecule has 43 heavy (non-hydrogen) atoms. The number of fused-ring (bicyclic) bond motifs is 2. The molecule has 2 aliphatic rings. The summed E-state index contributed by atoms with van der Waals surface area (Å²) in [6.07, 6.45) is 2.12. The van der Waals surface area contributed by atoms with Gasteiger partial charge < -0.3 is 35.6 Å². The minimum atomic E-state index is 0.308. The molecule has 0 fully saturated rings. The molecule has 224 valence electrons. The molecule has 0 radical (unpaired) electrons. The van der Waals surface area contributed by atoms with E-state index >= 15 is 0 Å². The molecule has 7 heteroatoms. The van der Waals surface area contributed by atoms with Gasteiger partial charge in [0.2, 0.25) is 0 Å². The number of aromatic hydroxyl groups is 2. The number of nitrogens with one attached hydrogen (secondary N) is 3. The van der Waals surface area contributed by atoms with Crippen molar-refractivity contribution in [2.75, 3.05) is 52.5 Å².